The lowest BCUT2D eigenvalue weighted by Gasteiger charge is -2.00. The summed E-state index contributed by atoms with van der Waals surface area (Å²) in [5, 5.41) is 11.0. The number of carbonyl (C=O) groups excluding carboxylic acids is 1. The predicted octanol–water partition coefficient (Wildman–Crippen LogP) is 3.50. The van der Waals surface area contributed by atoms with Gasteiger partial charge in [0.15, 0.2) is 0 Å². The second-order valence-corrected chi connectivity index (χ2v) is 5.32. The van der Waals surface area contributed by atoms with Crippen molar-refractivity contribution in [2.75, 3.05) is 0 Å². The molecule has 23 heavy (non-hydrogen) atoms. The molecule has 0 unspecified atom stereocenters. The van der Waals surface area contributed by atoms with E-state index in [1.54, 1.807) is 23.7 Å². The van der Waals surface area contributed by atoms with Crippen LogP contribution in [-0.4, -0.2) is 21.1 Å². The molecule has 0 bridgehead atoms. The third kappa shape index (κ3) is 2.33. The quantitative estimate of drug-likeness (QED) is 0.392. The summed E-state index contributed by atoms with van der Waals surface area (Å²) < 4.78 is 0. The Kier molecular flexibility index (Phi) is 3.06. The summed E-state index contributed by atoms with van der Waals surface area (Å²) in [5.74, 6) is 0.195. The van der Waals surface area contributed by atoms with Gasteiger partial charge in [-0.15, -0.1) is 0 Å². The van der Waals surface area contributed by atoms with Crippen LogP contribution in [-0.2, 0) is 0 Å². The lowest BCUT2D eigenvalue weighted by molar-refractivity contribution is 0.0706. The largest absolute Gasteiger partial charge is 0.338 e. The monoisotopic (exact) mass is 303 g/mol. The fourth-order valence-corrected chi connectivity index (χ4v) is 2.69. The second-order valence-electron chi connectivity index (χ2n) is 5.32. The van der Waals surface area contributed by atoms with Crippen molar-refractivity contribution in [1.82, 2.24) is 15.4 Å². The number of fused-ring (bicyclic) bond motifs is 2. The highest BCUT2D eigenvalue weighted by Gasteiger charge is 2.09. The number of hydrogen-bond donors (Lipinski definition) is 3. The Labute approximate surface area is 131 Å². The molecule has 3 N–H and O–H groups in total. The van der Waals surface area contributed by atoms with Gasteiger partial charge in [0, 0.05) is 11.1 Å². The molecule has 0 saturated carbocycles. The number of nitrogens with zero attached hydrogens (tertiary/aromatic N) is 1. The summed E-state index contributed by atoms with van der Waals surface area (Å²) in [6, 6.07) is 19.3. The van der Waals surface area contributed by atoms with E-state index in [0.717, 1.165) is 27.8 Å². The van der Waals surface area contributed by atoms with Gasteiger partial charge in [-0.3, -0.25) is 10.0 Å². The molecule has 0 fully saturated rings. The molecule has 5 nitrogen and oxygen atoms in total. The van der Waals surface area contributed by atoms with Crippen LogP contribution >= 0.6 is 0 Å². The Morgan fingerprint density at radius 1 is 1.00 bits per heavy atom. The molecule has 5 heteroatoms. The molecule has 1 heterocycles. The van der Waals surface area contributed by atoms with Crippen molar-refractivity contribution in [3.63, 3.8) is 0 Å². The summed E-state index contributed by atoms with van der Waals surface area (Å²) in [6.45, 7) is 0. The lowest BCUT2D eigenvalue weighted by Crippen LogP contribution is -2.18. The minimum absolute atomic E-state index is 0.369. The van der Waals surface area contributed by atoms with E-state index in [-0.39, 0.29) is 0 Å². The van der Waals surface area contributed by atoms with Gasteiger partial charge >= 0.3 is 0 Å². The van der Waals surface area contributed by atoms with Crippen molar-refractivity contribution in [3.8, 4) is 11.4 Å². The van der Waals surface area contributed by atoms with Gasteiger partial charge in [0.1, 0.15) is 5.82 Å². The zero-order valence-corrected chi connectivity index (χ0v) is 12.1. The number of hydroxylamine groups is 1. The molecule has 0 aliphatic carbocycles. The fraction of sp³-hybridized carbons (Fsp3) is 0. The molecule has 0 spiro atoms. The van der Waals surface area contributed by atoms with Gasteiger partial charge in [-0.25, -0.2) is 10.5 Å². The third-order valence-corrected chi connectivity index (χ3v) is 3.87. The highest BCUT2D eigenvalue weighted by atomic mass is 16.5. The van der Waals surface area contributed by atoms with Gasteiger partial charge in [-0.1, -0.05) is 36.4 Å². The van der Waals surface area contributed by atoms with Crippen LogP contribution in [0, 0.1) is 0 Å². The number of amides is 1. The predicted molar refractivity (Wildman–Crippen MR) is 88.3 cm³/mol. The molecule has 0 atom stereocenters. The summed E-state index contributed by atoms with van der Waals surface area (Å²) in [4.78, 5) is 19.3. The van der Waals surface area contributed by atoms with Crippen LogP contribution in [0.3, 0.4) is 0 Å². The first kappa shape index (κ1) is 13.5. The highest BCUT2D eigenvalue weighted by molar-refractivity contribution is 5.97. The topological polar surface area (TPSA) is 78.0 Å². The molecular weight excluding hydrogens is 290 g/mol. The second kappa shape index (κ2) is 5.23. The average molecular weight is 303 g/mol. The Balaban J connectivity index is 1.82. The Bertz CT molecular complexity index is 1040. The van der Waals surface area contributed by atoms with Crippen molar-refractivity contribution in [1.29, 1.82) is 0 Å². The Morgan fingerprint density at radius 3 is 2.65 bits per heavy atom. The van der Waals surface area contributed by atoms with E-state index in [4.69, 9.17) is 5.21 Å². The van der Waals surface area contributed by atoms with Gasteiger partial charge in [0.2, 0.25) is 0 Å². The SMILES string of the molecule is O=C(NO)c1ccc2nc(-c3ccc4ccccc4c3)[nH]c2c1. The van der Waals surface area contributed by atoms with Gasteiger partial charge < -0.3 is 4.98 Å². The third-order valence-electron chi connectivity index (χ3n) is 3.87. The maximum atomic E-state index is 11.5. The zero-order valence-electron chi connectivity index (χ0n) is 12.1. The first-order valence-corrected chi connectivity index (χ1v) is 7.18. The van der Waals surface area contributed by atoms with Crippen molar-refractivity contribution in [3.05, 3.63) is 66.2 Å². The molecule has 4 rings (SSSR count). The molecular formula is C18H13N3O2. The lowest BCUT2D eigenvalue weighted by atomic mass is 10.1. The smallest absolute Gasteiger partial charge is 0.274 e. The molecule has 1 amide bonds. The number of aromatic nitrogens is 2. The van der Waals surface area contributed by atoms with E-state index in [2.05, 4.69) is 34.2 Å². The first-order chi connectivity index (χ1) is 11.2. The van der Waals surface area contributed by atoms with Crippen molar-refractivity contribution in [2.45, 2.75) is 0 Å². The molecule has 3 aromatic carbocycles. The summed E-state index contributed by atoms with van der Waals surface area (Å²) in [6.07, 6.45) is 0. The summed E-state index contributed by atoms with van der Waals surface area (Å²) >= 11 is 0. The van der Waals surface area contributed by atoms with Crippen LogP contribution in [0.4, 0.5) is 0 Å². The number of benzene rings is 3. The van der Waals surface area contributed by atoms with Crippen molar-refractivity contribution < 1.29 is 10.0 Å². The number of H-pyrrole nitrogens is 1. The van der Waals surface area contributed by atoms with Gasteiger partial charge in [-0.2, -0.15) is 0 Å². The Hall–Kier alpha value is -3.18. The number of nitrogens with one attached hydrogen (secondary N) is 2. The normalized spacial score (nSPS) is 11.0. The fourth-order valence-electron chi connectivity index (χ4n) is 2.69. The standard InChI is InChI=1S/C18H13N3O2/c22-18(21-23)14-7-8-15-16(10-14)20-17(19-15)13-6-5-11-3-1-2-4-12(11)9-13/h1-10,23H,(H,19,20)(H,21,22). The van der Waals surface area contributed by atoms with Gasteiger partial charge in [0.25, 0.3) is 5.91 Å². The van der Waals surface area contributed by atoms with Crippen LogP contribution in [0.2, 0.25) is 0 Å². The summed E-state index contributed by atoms with van der Waals surface area (Å²) in [5.41, 5.74) is 4.49. The number of carbonyl (C=O) groups is 1. The minimum atomic E-state index is -0.547. The Morgan fingerprint density at radius 2 is 1.83 bits per heavy atom. The van der Waals surface area contributed by atoms with Crippen LogP contribution in [0.5, 0.6) is 0 Å². The van der Waals surface area contributed by atoms with E-state index < -0.39 is 5.91 Å². The maximum Gasteiger partial charge on any atom is 0.274 e. The molecule has 0 saturated heterocycles. The van der Waals surface area contributed by atoms with E-state index in [1.807, 2.05) is 18.2 Å². The van der Waals surface area contributed by atoms with E-state index in [9.17, 15) is 4.79 Å². The van der Waals surface area contributed by atoms with E-state index in [0.29, 0.717) is 5.56 Å². The molecule has 0 aliphatic heterocycles. The molecule has 0 aliphatic rings. The molecule has 1 aromatic heterocycles. The number of imidazole rings is 1. The highest BCUT2D eigenvalue weighted by Crippen LogP contribution is 2.25. The average Bonchev–Trinajstić information content (AvgIpc) is 3.03. The van der Waals surface area contributed by atoms with Crippen LogP contribution < -0.4 is 5.48 Å². The molecule has 0 radical (unpaired) electrons. The molecule has 4 aromatic rings. The number of rotatable bonds is 2. The van der Waals surface area contributed by atoms with Gasteiger partial charge in [-0.05, 0) is 35.0 Å². The number of aromatic amines is 1. The zero-order chi connectivity index (χ0) is 15.8. The van der Waals surface area contributed by atoms with Crippen molar-refractivity contribution >= 4 is 27.7 Å². The maximum absolute atomic E-state index is 11.5. The van der Waals surface area contributed by atoms with Crippen LogP contribution in [0.1, 0.15) is 10.4 Å². The first-order valence-electron chi connectivity index (χ1n) is 7.18. The van der Waals surface area contributed by atoms with Crippen molar-refractivity contribution in [2.24, 2.45) is 0 Å². The molecule has 112 valence electrons. The minimum Gasteiger partial charge on any atom is -0.338 e. The number of hydrogen-bond acceptors (Lipinski definition) is 3. The van der Waals surface area contributed by atoms with Gasteiger partial charge in [0.05, 0.1) is 11.0 Å². The van der Waals surface area contributed by atoms with E-state index in [1.165, 1.54) is 5.39 Å². The van der Waals surface area contributed by atoms with E-state index >= 15 is 0 Å². The summed E-state index contributed by atoms with van der Waals surface area (Å²) in [7, 11) is 0. The van der Waals surface area contributed by atoms with Crippen LogP contribution in [0.25, 0.3) is 33.2 Å². The van der Waals surface area contributed by atoms with Crippen LogP contribution in [0.15, 0.2) is 60.7 Å².